The third-order valence-corrected chi connectivity index (χ3v) is 3.76. The third kappa shape index (κ3) is 2.40. The maximum absolute atomic E-state index is 10.7. The Morgan fingerprint density at radius 2 is 1.75 bits per heavy atom. The molecular formula is C13H20N2O. The van der Waals surface area contributed by atoms with Crippen LogP contribution in [0.1, 0.15) is 51.5 Å². The van der Waals surface area contributed by atoms with Crippen LogP contribution in [-0.2, 0) is 5.60 Å². The van der Waals surface area contributed by atoms with Crippen molar-refractivity contribution in [1.82, 2.24) is 9.97 Å². The Morgan fingerprint density at radius 3 is 2.44 bits per heavy atom. The Kier molecular flexibility index (Phi) is 2.98. The summed E-state index contributed by atoms with van der Waals surface area (Å²) in [6, 6.07) is 0. The molecule has 1 fully saturated rings. The van der Waals surface area contributed by atoms with E-state index in [4.69, 9.17) is 0 Å². The van der Waals surface area contributed by atoms with Gasteiger partial charge in [-0.1, -0.05) is 13.8 Å². The predicted octanol–water partition coefficient (Wildman–Crippen LogP) is 2.65. The monoisotopic (exact) mass is 220 g/mol. The first kappa shape index (κ1) is 11.5. The van der Waals surface area contributed by atoms with Crippen LogP contribution in [0.3, 0.4) is 0 Å². The number of nitrogens with zero attached hydrogens (tertiary/aromatic N) is 2. The van der Waals surface area contributed by atoms with Crippen molar-refractivity contribution >= 4 is 0 Å². The minimum Gasteiger partial charge on any atom is -0.385 e. The Bertz CT molecular complexity index is 350. The van der Waals surface area contributed by atoms with Crippen molar-refractivity contribution in [2.75, 3.05) is 0 Å². The van der Waals surface area contributed by atoms with E-state index in [0.717, 1.165) is 31.2 Å². The van der Waals surface area contributed by atoms with Gasteiger partial charge in [-0.3, -0.25) is 0 Å². The normalized spacial score (nSPS) is 29.7. The number of hydrogen-bond donors (Lipinski definition) is 1. The molecule has 0 aromatic carbocycles. The summed E-state index contributed by atoms with van der Waals surface area (Å²) in [5.41, 5.74) is 0.502. The van der Waals surface area contributed by atoms with Crippen LogP contribution in [0.2, 0.25) is 0 Å². The highest BCUT2D eigenvalue weighted by atomic mass is 16.3. The average molecular weight is 220 g/mol. The molecule has 1 aliphatic rings. The SMILES string of the molecule is CC1(C)CCCC(O)(c2cncnc2)CC1. The highest BCUT2D eigenvalue weighted by molar-refractivity contribution is 5.14. The molecule has 3 nitrogen and oxygen atoms in total. The second-order valence-electron chi connectivity index (χ2n) is 5.68. The van der Waals surface area contributed by atoms with Crippen LogP contribution in [0.15, 0.2) is 18.7 Å². The molecule has 1 unspecified atom stereocenters. The van der Waals surface area contributed by atoms with E-state index in [1.165, 1.54) is 12.7 Å². The van der Waals surface area contributed by atoms with Crippen molar-refractivity contribution in [3.05, 3.63) is 24.3 Å². The zero-order chi connectivity index (χ0) is 11.6. The van der Waals surface area contributed by atoms with Gasteiger partial charge in [-0.15, -0.1) is 0 Å². The molecule has 16 heavy (non-hydrogen) atoms. The van der Waals surface area contributed by atoms with Crippen molar-refractivity contribution in [3.63, 3.8) is 0 Å². The minimum absolute atomic E-state index is 0.347. The van der Waals surface area contributed by atoms with E-state index in [-0.39, 0.29) is 0 Å². The van der Waals surface area contributed by atoms with E-state index in [0.29, 0.717) is 5.41 Å². The molecule has 1 aromatic rings. The van der Waals surface area contributed by atoms with Gasteiger partial charge in [0, 0.05) is 18.0 Å². The first-order valence-electron chi connectivity index (χ1n) is 6.00. The lowest BCUT2D eigenvalue weighted by Crippen LogP contribution is -2.25. The highest BCUT2D eigenvalue weighted by Gasteiger charge is 2.35. The number of rotatable bonds is 1. The Morgan fingerprint density at radius 1 is 1.06 bits per heavy atom. The van der Waals surface area contributed by atoms with Gasteiger partial charge in [-0.05, 0) is 37.5 Å². The number of hydrogen-bond acceptors (Lipinski definition) is 3. The van der Waals surface area contributed by atoms with Gasteiger partial charge in [0.2, 0.25) is 0 Å². The first-order valence-corrected chi connectivity index (χ1v) is 6.00. The van der Waals surface area contributed by atoms with Crippen LogP contribution in [-0.4, -0.2) is 15.1 Å². The van der Waals surface area contributed by atoms with Crippen LogP contribution in [0.5, 0.6) is 0 Å². The Labute approximate surface area is 96.9 Å². The van der Waals surface area contributed by atoms with Crippen LogP contribution >= 0.6 is 0 Å². The highest BCUT2D eigenvalue weighted by Crippen LogP contribution is 2.42. The molecule has 1 heterocycles. The molecule has 1 aliphatic carbocycles. The smallest absolute Gasteiger partial charge is 0.115 e. The van der Waals surface area contributed by atoms with Gasteiger partial charge in [0.05, 0.1) is 5.60 Å². The zero-order valence-electron chi connectivity index (χ0n) is 10.1. The molecule has 0 amide bonds. The van der Waals surface area contributed by atoms with E-state index in [2.05, 4.69) is 23.8 Å². The van der Waals surface area contributed by atoms with Crippen molar-refractivity contribution in [3.8, 4) is 0 Å². The van der Waals surface area contributed by atoms with Gasteiger partial charge in [-0.25, -0.2) is 9.97 Å². The minimum atomic E-state index is -0.713. The maximum atomic E-state index is 10.7. The lowest BCUT2D eigenvalue weighted by atomic mass is 9.83. The lowest BCUT2D eigenvalue weighted by Gasteiger charge is -2.27. The molecule has 0 saturated heterocycles. The molecule has 3 heteroatoms. The summed E-state index contributed by atoms with van der Waals surface area (Å²) in [5, 5.41) is 10.7. The summed E-state index contributed by atoms with van der Waals surface area (Å²) < 4.78 is 0. The fraction of sp³-hybridized carbons (Fsp3) is 0.692. The van der Waals surface area contributed by atoms with E-state index < -0.39 is 5.60 Å². The van der Waals surface area contributed by atoms with Crippen molar-refractivity contribution in [1.29, 1.82) is 0 Å². The summed E-state index contributed by atoms with van der Waals surface area (Å²) >= 11 is 0. The molecule has 0 spiro atoms. The van der Waals surface area contributed by atoms with Crippen LogP contribution in [0, 0.1) is 5.41 Å². The van der Waals surface area contributed by atoms with Crippen LogP contribution in [0.4, 0.5) is 0 Å². The number of aromatic nitrogens is 2. The second-order valence-corrected chi connectivity index (χ2v) is 5.68. The van der Waals surface area contributed by atoms with E-state index in [9.17, 15) is 5.11 Å². The van der Waals surface area contributed by atoms with Crippen molar-refractivity contribution in [2.24, 2.45) is 5.41 Å². The molecular weight excluding hydrogens is 200 g/mol. The summed E-state index contributed by atoms with van der Waals surface area (Å²) in [4.78, 5) is 8.00. The molecule has 2 rings (SSSR count). The van der Waals surface area contributed by atoms with E-state index in [1.807, 2.05) is 0 Å². The van der Waals surface area contributed by atoms with Crippen molar-refractivity contribution < 1.29 is 5.11 Å². The van der Waals surface area contributed by atoms with Gasteiger partial charge < -0.3 is 5.11 Å². The predicted molar refractivity (Wildman–Crippen MR) is 62.8 cm³/mol. The van der Waals surface area contributed by atoms with E-state index >= 15 is 0 Å². The fourth-order valence-electron chi connectivity index (χ4n) is 2.48. The molecule has 0 bridgehead atoms. The molecule has 1 N–H and O–H groups in total. The largest absolute Gasteiger partial charge is 0.385 e. The topological polar surface area (TPSA) is 46.0 Å². The van der Waals surface area contributed by atoms with E-state index in [1.54, 1.807) is 12.4 Å². The van der Waals surface area contributed by atoms with Gasteiger partial charge in [0.1, 0.15) is 6.33 Å². The Hall–Kier alpha value is -0.960. The molecule has 1 aromatic heterocycles. The van der Waals surface area contributed by atoms with Crippen LogP contribution in [0.25, 0.3) is 0 Å². The average Bonchev–Trinajstić information content (AvgIpc) is 2.41. The van der Waals surface area contributed by atoms with Crippen molar-refractivity contribution in [2.45, 2.75) is 51.6 Å². The Balaban J connectivity index is 2.20. The standard InChI is InChI=1S/C13H20N2O/c1-12(2)4-3-5-13(16,7-6-12)11-8-14-10-15-9-11/h8-10,16H,3-7H2,1-2H3. The summed E-state index contributed by atoms with van der Waals surface area (Å²) in [6.07, 6.45) is 9.93. The fourth-order valence-corrected chi connectivity index (χ4v) is 2.48. The third-order valence-electron chi connectivity index (χ3n) is 3.76. The van der Waals surface area contributed by atoms with Gasteiger partial charge in [-0.2, -0.15) is 0 Å². The second kappa shape index (κ2) is 4.13. The molecule has 1 saturated carbocycles. The summed E-state index contributed by atoms with van der Waals surface area (Å²) in [5.74, 6) is 0. The zero-order valence-corrected chi connectivity index (χ0v) is 10.1. The van der Waals surface area contributed by atoms with Gasteiger partial charge >= 0.3 is 0 Å². The summed E-state index contributed by atoms with van der Waals surface area (Å²) in [7, 11) is 0. The number of aliphatic hydroxyl groups is 1. The lowest BCUT2D eigenvalue weighted by molar-refractivity contribution is 0.0173. The molecule has 0 aliphatic heterocycles. The molecule has 0 radical (unpaired) electrons. The van der Waals surface area contributed by atoms with Gasteiger partial charge in [0.15, 0.2) is 0 Å². The molecule has 1 atom stereocenters. The quantitative estimate of drug-likeness (QED) is 0.740. The van der Waals surface area contributed by atoms with Gasteiger partial charge in [0.25, 0.3) is 0 Å². The first-order chi connectivity index (χ1) is 7.52. The van der Waals surface area contributed by atoms with Crippen LogP contribution < -0.4 is 0 Å². The molecule has 88 valence electrons. The summed E-state index contributed by atoms with van der Waals surface area (Å²) in [6.45, 7) is 4.56. The maximum Gasteiger partial charge on any atom is 0.115 e.